The van der Waals surface area contributed by atoms with E-state index in [2.05, 4.69) is 9.55 Å². The Morgan fingerprint density at radius 2 is 2.11 bits per heavy atom. The van der Waals surface area contributed by atoms with E-state index in [4.69, 9.17) is 17.0 Å². The van der Waals surface area contributed by atoms with Gasteiger partial charge in [-0.3, -0.25) is 19.5 Å². The topological polar surface area (TPSA) is 67.7 Å². The molecule has 0 aliphatic carbocycles. The van der Waals surface area contributed by atoms with Gasteiger partial charge in [0.05, 0.1) is 19.0 Å². The molecular weight excluding hydrogens is 364 g/mol. The molecule has 140 valence electrons. The van der Waals surface area contributed by atoms with E-state index in [-0.39, 0.29) is 17.6 Å². The molecule has 0 unspecified atom stereocenters. The minimum absolute atomic E-state index is 0.113. The zero-order valence-electron chi connectivity index (χ0n) is 15.6. The van der Waals surface area contributed by atoms with E-state index < -0.39 is 5.97 Å². The molecular formula is C19H20N4O3S. The molecule has 0 bridgehead atoms. The molecule has 0 aromatic carbocycles. The van der Waals surface area contributed by atoms with E-state index in [0.29, 0.717) is 5.70 Å². The standard InChI is InChI=1S/C19H20N4O3S/c1-12-8-14(13(2)23(12)15-6-5-7-20-10-15)9-16-18(25)21(3)19(27)22(16)11-17(24)26-4/h5-10H,11H2,1-4H3. The van der Waals surface area contributed by atoms with Crippen molar-refractivity contribution in [3.8, 4) is 5.69 Å². The number of ether oxygens (including phenoxy) is 1. The summed E-state index contributed by atoms with van der Waals surface area (Å²) >= 11 is 5.31. The summed E-state index contributed by atoms with van der Waals surface area (Å²) in [6.45, 7) is 3.85. The molecule has 27 heavy (non-hydrogen) atoms. The van der Waals surface area contributed by atoms with Crippen LogP contribution in [0.2, 0.25) is 0 Å². The van der Waals surface area contributed by atoms with Gasteiger partial charge < -0.3 is 14.2 Å². The number of amides is 1. The van der Waals surface area contributed by atoms with Crippen molar-refractivity contribution in [2.75, 3.05) is 20.7 Å². The van der Waals surface area contributed by atoms with Gasteiger partial charge in [0.25, 0.3) is 5.91 Å². The fourth-order valence-electron chi connectivity index (χ4n) is 3.11. The Morgan fingerprint density at radius 1 is 1.37 bits per heavy atom. The first kappa shape index (κ1) is 18.8. The second-order valence-corrected chi connectivity index (χ2v) is 6.58. The number of carbonyl (C=O) groups excluding carboxylic acids is 2. The van der Waals surface area contributed by atoms with Gasteiger partial charge in [-0.2, -0.15) is 0 Å². The van der Waals surface area contributed by atoms with Crippen LogP contribution in [0.4, 0.5) is 0 Å². The van der Waals surface area contributed by atoms with Gasteiger partial charge in [0.2, 0.25) is 0 Å². The Bertz CT molecular complexity index is 949. The molecule has 2 aromatic heterocycles. The van der Waals surface area contributed by atoms with Crippen molar-refractivity contribution in [1.82, 2.24) is 19.4 Å². The molecule has 0 radical (unpaired) electrons. The second kappa shape index (κ2) is 7.32. The molecule has 1 saturated heterocycles. The van der Waals surface area contributed by atoms with E-state index in [9.17, 15) is 9.59 Å². The molecule has 0 spiro atoms. The first-order valence-corrected chi connectivity index (χ1v) is 8.73. The van der Waals surface area contributed by atoms with Crippen LogP contribution in [0.25, 0.3) is 11.8 Å². The summed E-state index contributed by atoms with van der Waals surface area (Å²) in [5.41, 5.74) is 4.12. The van der Waals surface area contributed by atoms with Crippen LogP contribution in [-0.4, -0.2) is 57.0 Å². The molecule has 0 atom stereocenters. The minimum atomic E-state index is -0.466. The monoisotopic (exact) mass is 384 g/mol. The number of likely N-dealkylation sites (N-methyl/N-ethyl adjacent to an activating group) is 1. The third-order valence-electron chi connectivity index (χ3n) is 4.51. The Balaban J connectivity index is 2.06. The summed E-state index contributed by atoms with van der Waals surface area (Å²) in [6.07, 6.45) is 5.26. The van der Waals surface area contributed by atoms with Gasteiger partial charge >= 0.3 is 5.97 Å². The SMILES string of the molecule is COC(=O)CN1C(=S)N(C)C(=O)C1=Cc1cc(C)n(-c2cccnc2)c1C. The number of hydrogen-bond acceptors (Lipinski definition) is 5. The highest BCUT2D eigenvalue weighted by Crippen LogP contribution is 2.27. The smallest absolute Gasteiger partial charge is 0.325 e. The number of hydrogen-bond donors (Lipinski definition) is 0. The molecule has 3 heterocycles. The van der Waals surface area contributed by atoms with Crippen molar-refractivity contribution in [2.45, 2.75) is 13.8 Å². The predicted molar refractivity (Wildman–Crippen MR) is 105 cm³/mol. The highest BCUT2D eigenvalue weighted by Gasteiger charge is 2.37. The van der Waals surface area contributed by atoms with Crippen molar-refractivity contribution < 1.29 is 14.3 Å². The zero-order chi connectivity index (χ0) is 19.7. The number of esters is 1. The van der Waals surface area contributed by atoms with E-state index >= 15 is 0 Å². The predicted octanol–water partition coefficient (Wildman–Crippen LogP) is 2.06. The Kier molecular flexibility index (Phi) is 5.09. The summed E-state index contributed by atoms with van der Waals surface area (Å²) in [5.74, 6) is -0.720. The quantitative estimate of drug-likeness (QED) is 0.457. The number of aryl methyl sites for hydroxylation is 1. The molecule has 1 amide bonds. The fraction of sp³-hybridized carbons (Fsp3) is 0.263. The van der Waals surface area contributed by atoms with Gasteiger partial charge in [0.15, 0.2) is 5.11 Å². The lowest BCUT2D eigenvalue weighted by molar-refractivity contribution is -0.140. The zero-order valence-corrected chi connectivity index (χ0v) is 16.4. The highest BCUT2D eigenvalue weighted by molar-refractivity contribution is 7.80. The summed E-state index contributed by atoms with van der Waals surface area (Å²) in [4.78, 5) is 31.4. The second-order valence-electron chi connectivity index (χ2n) is 6.21. The van der Waals surface area contributed by atoms with Crippen LogP contribution >= 0.6 is 12.2 Å². The third kappa shape index (κ3) is 3.35. The summed E-state index contributed by atoms with van der Waals surface area (Å²) in [7, 11) is 2.90. The summed E-state index contributed by atoms with van der Waals surface area (Å²) in [6, 6.07) is 5.83. The van der Waals surface area contributed by atoms with Crippen molar-refractivity contribution in [3.05, 3.63) is 53.2 Å². The average Bonchev–Trinajstić information content (AvgIpc) is 3.05. The Hall–Kier alpha value is -3.00. The normalized spacial score (nSPS) is 15.8. The number of pyridine rings is 1. The summed E-state index contributed by atoms with van der Waals surface area (Å²) < 4.78 is 6.79. The first-order valence-electron chi connectivity index (χ1n) is 8.32. The van der Waals surface area contributed by atoms with Gasteiger partial charge in [-0.15, -0.1) is 0 Å². The highest BCUT2D eigenvalue weighted by atomic mass is 32.1. The number of nitrogens with zero attached hydrogens (tertiary/aromatic N) is 4. The van der Waals surface area contributed by atoms with E-state index in [1.807, 2.05) is 32.0 Å². The average molecular weight is 384 g/mol. The van der Waals surface area contributed by atoms with Gasteiger partial charge in [-0.25, -0.2) is 0 Å². The number of thiocarbonyl (C=S) groups is 1. The molecule has 1 aliphatic heterocycles. The summed E-state index contributed by atoms with van der Waals surface area (Å²) in [5, 5.41) is 0.276. The molecule has 8 heteroatoms. The molecule has 1 fully saturated rings. The number of methoxy groups -OCH3 is 1. The lowest BCUT2D eigenvalue weighted by Crippen LogP contribution is -2.33. The van der Waals surface area contributed by atoms with Crippen LogP contribution in [0, 0.1) is 13.8 Å². The van der Waals surface area contributed by atoms with Gasteiger partial charge in [-0.1, -0.05) is 0 Å². The van der Waals surface area contributed by atoms with Crippen LogP contribution in [0.1, 0.15) is 17.0 Å². The Morgan fingerprint density at radius 3 is 2.74 bits per heavy atom. The van der Waals surface area contributed by atoms with Gasteiger partial charge in [-0.05, 0) is 55.9 Å². The van der Waals surface area contributed by atoms with Crippen LogP contribution in [0.3, 0.4) is 0 Å². The van der Waals surface area contributed by atoms with E-state index in [1.54, 1.807) is 25.5 Å². The fourth-order valence-corrected chi connectivity index (χ4v) is 3.35. The van der Waals surface area contributed by atoms with Crippen LogP contribution in [-0.2, 0) is 14.3 Å². The van der Waals surface area contributed by atoms with E-state index in [0.717, 1.165) is 22.6 Å². The lowest BCUT2D eigenvalue weighted by Gasteiger charge is -2.16. The molecule has 2 aromatic rings. The molecule has 1 aliphatic rings. The largest absolute Gasteiger partial charge is 0.468 e. The number of rotatable bonds is 4. The maximum absolute atomic E-state index is 12.6. The van der Waals surface area contributed by atoms with Crippen LogP contribution in [0.5, 0.6) is 0 Å². The van der Waals surface area contributed by atoms with Crippen LogP contribution in [0.15, 0.2) is 36.3 Å². The third-order valence-corrected chi connectivity index (χ3v) is 5.01. The van der Waals surface area contributed by atoms with Crippen molar-refractivity contribution in [1.29, 1.82) is 0 Å². The minimum Gasteiger partial charge on any atom is -0.468 e. The molecule has 3 rings (SSSR count). The van der Waals surface area contributed by atoms with E-state index in [1.165, 1.54) is 16.9 Å². The maximum atomic E-state index is 12.6. The molecule has 0 N–H and O–H groups in total. The maximum Gasteiger partial charge on any atom is 0.325 e. The molecule has 7 nitrogen and oxygen atoms in total. The first-order chi connectivity index (χ1) is 12.8. The molecule has 0 saturated carbocycles. The van der Waals surface area contributed by atoms with Crippen LogP contribution < -0.4 is 0 Å². The van der Waals surface area contributed by atoms with Crippen molar-refractivity contribution >= 4 is 35.3 Å². The number of aromatic nitrogens is 2. The van der Waals surface area contributed by atoms with Crippen molar-refractivity contribution in [2.24, 2.45) is 0 Å². The van der Waals surface area contributed by atoms with Gasteiger partial charge in [0, 0.05) is 24.6 Å². The van der Waals surface area contributed by atoms with Gasteiger partial charge in [0.1, 0.15) is 12.2 Å². The Labute approximate surface area is 162 Å². The number of carbonyl (C=O) groups is 2. The van der Waals surface area contributed by atoms with Crippen molar-refractivity contribution in [3.63, 3.8) is 0 Å². The lowest BCUT2D eigenvalue weighted by atomic mass is 10.2.